The number of anilines is 1. The molecule has 0 aromatic heterocycles. The van der Waals surface area contributed by atoms with Gasteiger partial charge in [0.15, 0.2) is 0 Å². The third-order valence-corrected chi connectivity index (χ3v) is 5.16. The minimum absolute atomic E-state index is 0.325. The number of ether oxygens (including phenoxy) is 1. The zero-order valence-corrected chi connectivity index (χ0v) is 17.0. The minimum Gasteiger partial charge on any atom is -0.489 e. The summed E-state index contributed by atoms with van der Waals surface area (Å²) in [5.74, 6) is 0.541. The molecular weight excluding hydrogens is 417 g/mol. The van der Waals surface area contributed by atoms with E-state index in [1.165, 1.54) is 6.08 Å². The second kappa shape index (κ2) is 9.15. The third-order valence-electron chi connectivity index (χ3n) is 3.68. The highest BCUT2D eigenvalue weighted by Gasteiger charge is 2.07. The number of benzene rings is 3. The van der Waals surface area contributed by atoms with Gasteiger partial charge in [-0.05, 0) is 53.6 Å². The molecule has 0 saturated carbocycles. The van der Waals surface area contributed by atoms with Crippen LogP contribution in [0.15, 0.2) is 78.2 Å². The van der Waals surface area contributed by atoms with E-state index in [-0.39, 0.29) is 0 Å². The summed E-state index contributed by atoms with van der Waals surface area (Å²) in [6.45, 7) is 0.325. The van der Waals surface area contributed by atoms with Crippen LogP contribution in [-0.4, -0.2) is 8.42 Å². The van der Waals surface area contributed by atoms with E-state index < -0.39 is 10.0 Å². The van der Waals surface area contributed by atoms with E-state index in [1.54, 1.807) is 54.6 Å². The molecule has 0 aliphatic heterocycles. The Morgan fingerprint density at radius 3 is 2.36 bits per heavy atom. The molecule has 0 fully saturated rings. The maximum Gasteiger partial charge on any atom is 0.255 e. The fourth-order valence-electron chi connectivity index (χ4n) is 2.42. The molecule has 0 heterocycles. The molecule has 0 radical (unpaired) electrons. The van der Waals surface area contributed by atoms with Crippen LogP contribution in [0, 0.1) is 0 Å². The van der Waals surface area contributed by atoms with Crippen molar-refractivity contribution < 1.29 is 13.2 Å². The van der Waals surface area contributed by atoms with Crippen LogP contribution < -0.4 is 9.46 Å². The van der Waals surface area contributed by atoms with Gasteiger partial charge >= 0.3 is 0 Å². The largest absolute Gasteiger partial charge is 0.489 e. The molecule has 0 spiro atoms. The van der Waals surface area contributed by atoms with Crippen molar-refractivity contribution in [2.45, 2.75) is 6.61 Å². The van der Waals surface area contributed by atoms with Crippen LogP contribution in [0.25, 0.3) is 6.08 Å². The Balaban J connectivity index is 1.66. The SMILES string of the molecule is O=S(=O)(/C=C/c1cccc(Cl)c1)Nc1cccc(OCc2cccc(Cl)c2)c1. The Hall–Kier alpha value is -2.47. The number of nitrogens with one attached hydrogen (secondary N) is 1. The Morgan fingerprint density at radius 2 is 1.61 bits per heavy atom. The molecule has 144 valence electrons. The first-order chi connectivity index (χ1) is 13.4. The fourth-order valence-corrected chi connectivity index (χ4v) is 3.69. The van der Waals surface area contributed by atoms with Crippen LogP contribution in [0.1, 0.15) is 11.1 Å². The Morgan fingerprint density at radius 1 is 0.893 bits per heavy atom. The lowest BCUT2D eigenvalue weighted by Gasteiger charge is -2.09. The van der Waals surface area contributed by atoms with Crippen LogP contribution in [0.5, 0.6) is 5.75 Å². The predicted octanol–water partition coefficient (Wildman–Crippen LogP) is 5.99. The summed E-state index contributed by atoms with van der Waals surface area (Å²) in [4.78, 5) is 0. The average molecular weight is 434 g/mol. The molecule has 0 unspecified atom stereocenters. The summed E-state index contributed by atoms with van der Waals surface area (Å²) < 4.78 is 32.8. The zero-order chi connectivity index (χ0) is 20.0. The van der Waals surface area contributed by atoms with Gasteiger partial charge in [-0.1, -0.05) is 53.5 Å². The van der Waals surface area contributed by atoms with Gasteiger partial charge in [-0.3, -0.25) is 4.72 Å². The van der Waals surface area contributed by atoms with E-state index in [9.17, 15) is 8.42 Å². The van der Waals surface area contributed by atoms with Crippen LogP contribution >= 0.6 is 23.2 Å². The first kappa shape index (κ1) is 20.3. The normalized spacial score (nSPS) is 11.5. The molecule has 1 N–H and O–H groups in total. The smallest absolute Gasteiger partial charge is 0.255 e. The van der Waals surface area contributed by atoms with Crippen molar-refractivity contribution in [1.82, 2.24) is 0 Å². The third kappa shape index (κ3) is 6.30. The standard InChI is InChI=1S/C21H17Cl2NO3S/c22-18-6-1-4-16(12-18)10-11-28(25,26)24-20-8-3-9-21(14-20)27-15-17-5-2-7-19(23)13-17/h1-14,24H,15H2/b11-10+. The van der Waals surface area contributed by atoms with Gasteiger partial charge in [0.1, 0.15) is 12.4 Å². The second-order valence-corrected chi connectivity index (χ2v) is 8.39. The monoisotopic (exact) mass is 433 g/mol. The molecule has 28 heavy (non-hydrogen) atoms. The summed E-state index contributed by atoms with van der Waals surface area (Å²) >= 11 is 11.9. The van der Waals surface area contributed by atoms with Crippen molar-refractivity contribution in [3.8, 4) is 5.75 Å². The number of sulfonamides is 1. The lowest BCUT2D eigenvalue weighted by atomic mass is 10.2. The molecular formula is C21H17Cl2NO3S. The van der Waals surface area contributed by atoms with Crippen molar-refractivity contribution in [3.05, 3.63) is 99.4 Å². The second-order valence-electron chi connectivity index (χ2n) is 5.95. The Bertz CT molecular complexity index is 1100. The van der Waals surface area contributed by atoms with Gasteiger partial charge in [-0.25, -0.2) is 8.42 Å². The highest BCUT2D eigenvalue weighted by Crippen LogP contribution is 2.21. The summed E-state index contributed by atoms with van der Waals surface area (Å²) in [5, 5.41) is 2.27. The summed E-state index contributed by atoms with van der Waals surface area (Å²) in [5.41, 5.74) is 2.01. The van der Waals surface area contributed by atoms with Crippen molar-refractivity contribution >= 4 is 45.0 Å². The van der Waals surface area contributed by atoms with Gasteiger partial charge in [-0.2, -0.15) is 0 Å². The van der Waals surface area contributed by atoms with Crippen molar-refractivity contribution in [1.29, 1.82) is 0 Å². The van der Waals surface area contributed by atoms with Gasteiger partial charge in [-0.15, -0.1) is 0 Å². The number of halogens is 2. The zero-order valence-electron chi connectivity index (χ0n) is 14.7. The molecule has 0 bridgehead atoms. The quantitative estimate of drug-likeness (QED) is 0.497. The Labute approximate surface area is 174 Å². The van der Waals surface area contributed by atoms with E-state index in [2.05, 4.69) is 4.72 Å². The molecule has 0 amide bonds. The van der Waals surface area contributed by atoms with Crippen molar-refractivity contribution in [2.24, 2.45) is 0 Å². The molecule has 4 nitrogen and oxygen atoms in total. The lowest BCUT2D eigenvalue weighted by molar-refractivity contribution is 0.306. The molecule has 3 rings (SSSR count). The molecule has 0 saturated heterocycles. The van der Waals surface area contributed by atoms with Crippen LogP contribution in [0.4, 0.5) is 5.69 Å². The van der Waals surface area contributed by atoms with Crippen LogP contribution in [0.2, 0.25) is 10.0 Å². The summed E-state index contributed by atoms with van der Waals surface area (Å²) in [6, 6.07) is 21.0. The molecule has 7 heteroatoms. The fraction of sp³-hybridized carbons (Fsp3) is 0.0476. The molecule has 0 atom stereocenters. The number of hydrogen-bond acceptors (Lipinski definition) is 3. The van der Waals surface area contributed by atoms with Gasteiger partial charge in [0.25, 0.3) is 10.0 Å². The Kier molecular flexibility index (Phi) is 6.62. The van der Waals surface area contributed by atoms with E-state index in [0.717, 1.165) is 11.0 Å². The predicted molar refractivity (Wildman–Crippen MR) is 115 cm³/mol. The van der Waals surface area contributed by atoms with Crippen LogP contribution in [0.3, 0.4) is 0 Å². The molecule has 3 aromatic rings. The molecule has 0 aliphatic rings. The summed E-state index contributed by atoms with van der Waals surface area (Å²) in [6.07, 6.45) is 1.48. The first-order valence-electron chi connectivity index (χ1n) is 8.33. The maximum atomic E-state index is 12.3. The van der Waals surface area contributed by atoms with E-state index >= 15 is 0 Å². The van der Waals surface area contributed by atoms with Gasteiger partial charge < -0.3 is 4.74 Å². The molecule has 0 aliphatic carbocycles. The molecule has 3 aromatic carbocycles. The van der Waals surface area contributed by atoms with Gasteiger partial charge in [0.2, 0.25) is 0 Å². The van der Waals surface area contributed by atoms with Crippen molar-refractivity contribution in [3.63, 3.8) is 0 Å². The number of hydrogen-bond donors (Lipinski definition) is 1. The highest BCUT2D eigenvalue weighted by molar-refractivity contribution is 7.95. The highest BCUT2D eigenvalue weighted by atomic mass is 35.5. The number of rotatable bonds is 7. The van der Waals surface area contributed by atoms with Crippen LogP contribution in [-0.2, 0) is 16.6 Å². The topological polar surface area (TPSA) is 55.4 Å². The van der Waals surface area contributed by atoms with Gasteiger partial charge in [0.05, 0.1) is 11.1 Å². The van der Waals surface area contributed by atoms with Crippen molar-refractivity contribution in [2.75, 3.05) is 4.72 Å². The van der Waals surface area contributed by atoms with E-state index in [0.29, 0.717) is 33.7 Å². The van der Waals surface area contributed by atoms with E-state index in [4.69, 9.17) is 27.9 Å². The van der Waals surface area contributed by atoms with E-state index in [1.807, 2.05) is 18.2 Å². The first-order valence-corrected chi connectivity index (χ1v) is 10.6. The average Bonchev–Trinajstić information content (AvgIpc) is 2.65. The summed E-state index contributed by atoms with van der Waals surface area (Å²) in [7, 11) is -3.68. The minimum atomic E-state index is -3.68. The lowest BCUT2D eigenvalue weighted by Crippen LogP contribution is -2.08. The maximum absolute atomic E-state index is 12.3. The van der Waals surface area contributed by atoms with Gasteiger partial charge in [0, 0.05) is 16.1 Å².